The quantitative estimate of drug-likeness (QED) is 0.657. The molecule has 2 heterocycles. The Morgan fingerprint density at radius 3 is 1.86 bits per heavy atom. The SMILES string of the molecule is CP1CCC[C@@H]1C[PH+](C[C@H]1CCCP1C)c1ccccc1. The van der Waals surface area contributed by atoms with Crippen LogP contribution < -0.4 is 5.30 Å². The van der Waals surface area contributed by atoms with Crippen LogP contribution in [0.15, 0.2) is 30.3 Å². The van der Waals surface area contributed by atoms with Crippen molar-refractivity contribution in [3.63, 3.8) is 0 Å². The molecule has 2 aliphatic heterocycles. The first kappa shape index (κ1) is 16.4. The van der Waals surface area contributed by atoms with Crippen molar-refractivity contribution in [2.75, 3.05) is 38.0 Å². The summed E-state index contributed by atoms with van der Waals surface area (Å²) in [4.78, 5) is 0. The van der Waals surface area contributed by atoms with E-state index in [0.717, 1.165) is 11.3 Å². The van der Waals surface area contributed by atoms with E-state index in [1.807, 2.05) is 0 Å². The summed E-state index contributed by atoms with van der Waals surface area (Å²) >= 11 is 0. The van der Waals surface area contributed by atoms with Crippen molar-refractivity contribution in [2.45, 2.75) is 37.0 Å². The molecule has 0 saturated carbocycles. The smallest absolute Gasteiger partial charge is 0.0915 e. The highest BCUT2D eigenvalue weighted by Crippen LogP contribution is 2.56. The normalized spacial score (nSPS) is 34.2. The first-order chi connectivity index (χ1) is 10.2. The van der Waals surface area contributed by atoms with Crippen LogP contribution in [0.4, 0.5) is 0 Å². The van der Waals surface area contributed by atoms with Crippen LogP contribution in [0.3, 0.4) is 0 Å². The molecule has 0 amide bonds. The van der Waals surface area contributed by atoms with Gasteiger partial charge in [-0.05, 0) is 63.5 Å². The van der Waals surface area contributed by atoms with Gasteiger partial charge in [-0.15, -0.1) is 15.8 Å². The fourth-order valence-corrected chi connectivity index (χ4v) is 14.0. The van der Waals surface area contributed by atoms with Crippen molar-refractivity contribution >= 4 is 29.1 Å². The van der Waals surface area contributed by atoms with E-state index in [1.165, 1.54) is 25.7 Å². The van der Waals surface area contributed by atoms with Crippen molar-refractivity contribution in [1.82, 2.24) is 0 Å². The molecule has 1 aromatic carbocycles. The van der Waals surface area contributed by atoms with Crippen LogP contribution >= 0.6 is 23.8 Å². The Morgan fingerprint density at radius 1 is 0.905 bits per heavy atom. The van der Waals surface area contributed by atoms with Crippen LogP contribution in [0.2, 0.25) is 0 Å². The molecule has 0 bridgehead atoms. The maximum Gasteiger partial charge on any atom is 0.0915 e. The number of hydrogen-bond donors (Lipinski definition) is 0. The topological polar surface area (TPSA) is 0 Å². The summed E-state index contributed by atoms with van der Waals surface area (Å²) in [5.74, 6) is 0. The third kappa shape index (κ3) is 4.28. The summed E-state index contributed by atoms with van der Waals surface area (Å²) in [6.07, 6.45) is 12.4. The van der Waals surface area contributed by atoms with Gasteiger partial charge in [-0.3, -0.25) is 0 Å². The third-order valence-corrected chi connectivity index (χ3v) is 14.7. The lowest BCUT2D eigenvalue weighted by molar-refractivity contribution is 0.826. The fraction of sp³-hybridized carbons (Fsp3) is 0.667. The average molecular weight is 339 g/mol. The van der Waals surface area contributed by atoms with Crippen LogP contribution in [0.1, 0.15) is 25.7 Å². The first-order valence-electron chi connectivity index (χ1n) is 8.54. The number of rotatable bonds is 5. The van der Waals surface area contributed by atoms with Crippen molar-refractivity contribution in [3.8, 4) is 0 Å². The Morgan fingerprint density at radius 2 is 1.43 bits per heavy atom. The summed E-state index contributed by atoms with van der Waals surface area (Å²) in [5.41, 5.74) is 2.19. The van der Waals surface area contributed by atoms with Gasteiger partial charge in [0.2, 0.25) is 0 Å². The van der Waals surface area contributed by atoms with Crippen molar-refractivity contribution in [2.24, 2.45) is 0 Å². The van der Waals surface area contributed by atoms with Crippen LogP contribution in [0.5, 0.6) is 0 Å². The van der Waals surface area contributed by atoms with Gasteiger partial charge in [-0.1, -0.05) is 18.2 Å². The van der Waals surface area contributed by atoms with E-state index in [-0.39, 0.29) is 7.92 Å². The van der Waals surface area contributed by atoms with Crippen LogP contribution in [0.25, 0.3) is 0 Å². The van der Waals surface area contributed by atoms with Gasteiger partial charge in [-0.25, -0.2) is 0 Å². The molecule has 3 heteroatoms. The van der Waals surface area contributed by atoms with Gasteiger partial charge < -0.3 is 0 Å². The summed E-state index contributed by atoms with van der Waals surface area (Å²) in [7, 11) is 0.380. The Kier molecular flexibility index (Phi) is 6.13. The molecule has 0 N–H and O–H groups in total. The summed E-state index contributed by atoms with van der Waals surface area (Å²) < 4.78 is 0. The maximum atomic E-state index is 2.57. The minimum absolute atomic E-state index is 0.321. The molecule has 0 radical (unpaired) electrons. The molecule has 21 heavy (non-hydrogen) atoms. The molecule has 3 rings (SSSR count). The maximum absolute atomic E-state index is 2.57. The summed E-state index contributed by atoms with van der Waals surface area (Å²) in [5, 5.41) is 1.73. The molecule has 0 aliphatic carbocycles. The first-order valence-corrected chi connectivity index (χ1v) is 14.5. The molecule has 2 saturated heterocycles. The van der Waals surface area contributed by atoms with Gasteiger partial charge in [-0.2, -0.15) is 0 Å². The Balaban J connectivity index is 1.71. The zero-order chi connectivity index (χ0) is 14.7. The minimum atomic E-state index is -0.321. The van der Waals surface area contributed by atoms with Gasteiger partial charge in [0, 0.05) is 19.2 Å². The van der Waals surface area contributed by atoms with E-state index < -0.39 is 0 Å². The molecule has 2 fully saturated rings. The predicted molar refractivity (Wildman–Crippen MR) is 106 cm³/mol. The van der Waals surface area contributed by atoms with Gasteiger partial charge >= 0.3 is 0 Å². The van der Waals surface area contributed by atoms with E-state index in [1.54, 1.807) is 30.0 Å². The number of benzene rings is 1. The minimum Gasteiger partial charge on any atom is -0.103 e. The second kappa shape index (κ2) is 7.86. The van der Waals surface area contributed by atoms with Crippen LogP contribution in [-0.4, -0.2) is 49.3 Å². The second-order valence-electron chi connectivity index (χ2n) is 6.93. The lowest BCUT2D eigenvalue weighted by Gasteiger charge is -2.22. The monoisotopic (exact) mass is 339 g/mol. The van der Waals surface area contributed by atoms with E-state index in [4.69, 9.17) is 0 Å². The van der Waals surface area contributed by atoms with E-state index in [2.05, 4.69) is 43.7 Å². The van der Waals surface area contributed by atoms with Gasteiger partial charge in [0.1, 0.15) is 0 Å². The highest BCUT2D eigenvalue weighted by Gasteiger charge is 2.35. The molecule has 116 valence electrons. The largest absolute Gasteiger partial charge is 0.103 e. The lowest BCUT2D eigenvalue weighted by Crippen LogP contribution is -2.18. The van der Waals surface area contributed by atoms with Crippen LogP contribution in [0, 0.1) is 0 Å². The molecule has 1 aromatic rings. The zero-order valence-corrected chi connectivity index (χ0v) is 16.4. The standard InChI is InChI=1S/C18H29P3/c1-19-12-6-10-17(19)14-21(16-8-4-3-5-9-16)15-18-11-7-13-20(18)2/h3-5,8-9,17-18H,6-7,10-15H2,1-2H3/p+1/t17-,18-,19?,20?,21?/m1/s1. The highest BCUT2D eigenvalue weighted by atomic mass is 31.1. The van der Waals surface area contributed by atoms with Crippen LogP contribution in [-0.2, 0) is 0 Å². The molecule has 0 nitrogen and oxygen atoms in total. The lowest BCUT2D eigenvalue weighted by atomic mass is 10.3. The second-order valence-corrected chi connectivity index (χ2v) is 14.9. The van der Waals surface area contributed by atoms with E-state index >= 15 is 0 Å². The third-order valence-electron chi connectivity index (χ3n) is 5.49. The summed E-state index contributed by atoms with van der Waals surface area (Å²) in [6.45, 7) is 5.14. The molecule has 4 atom stereocenters. The highest BCUT2D eigenvalue weighted by molar-refractivity contribution is 7.68. The van der Waals surface area contributed by atoms with Gasteiger partial charge in [0.15, 0.2) is 0 Å². The van der Waals surface area contributed by atoms with Crippen molar-refractivity contribution in [1.29, 1.82) is 0 Å². The molecule has 0 aromatic heterocycles. The molecular weight excluding hydrogens is 309 g/mol. The molecule has 0 spiro atoms. The number of hydrogen-bond acceptors (Lipinski definition) is 0. The van der Waals surface area contributed by atoms with Crippen molar-refractivity contribution < 1.29 is 0 Å². The molecule has 2 unspecified atom stereocenters. The van der Waals surface area contributed by atoms with E-state index in [9.17, 15) is 0 Å². The Labute approximate surface area is 134 Å². The van der Waals surface area contributed by atoms with Gasteiger partial charge in [0.05, 0.1) is 17.6 Å². The predicted octanol–water partition coefficient (Wildman–Crippen LogP) is 5.07. The fourth-order valence-electron chi connectivity index (χ4n) is 4.04. The Bertz CT molecular complexity index is 411. The summed E-state index contributed by atoms with van der Waals surface area (Å²) in [6, 6.07) is 11.6. The van der Waals surface area contributed by atoms with Crippen molar-refractivity contribution in [3.05, 3.63) is 30.3 Å². The molecule has 2 aliphatic rings. The molecular formula is C18H30P3+. The Hall–Kier alpha value is 0.510. The average Bonchev–Trinajstić information content (AvgIpc) is 3.09. The zero-order valence-electron chi connectivity index (χ0n) is 13.6. The van der Waals surface area contributed by atoms with E-state index in [0.29, 0.717) is 15.8 Å². The van der Waals surface area contributed by atoms with Gasteiger partial charge in [0.25, 0.3) is 0 Å².